The van der Waals surface area contributed by atoms with Crippen molar-refractivity contribution in [2.24, 2.45) is 0 Å². The Labute approximate surface area is 133 Å². The van der Waals surface area contributed by atoms with Gasteiger partial charge in [0.2, 0.25) is 0 Å². The Morgan fingerprint density at radius 3 is 2.38 bits per heavy atom. The van der Waals surface area contributed by atoms with E-state index in [1.54, 1.807) is 19.1 Å². The Morgan fingerprint density at radius 1 is 1.19 bits per heavy atom. The topological polar surface area (TPSA) is 37.8 Å². The molecule has 3 nitrogen and oxygen atoms in total. The standard InChI is InChI=1S/C16H19BrFN3/c1-9-8-10(6-7-11(9)18)14-20-13(16(2,3)4)12(17)15(19-5)21-14/h6-8H,1-5H3,(H,19,20,21). The highest BCUT2D eigenvalue weighted by atomic mass is 79.9. The first-order chi connectivity index (χ1) is 9.74. The average Bonchev–Trinajstić information content (AvgIpc) is 2.41. The summed E-state index contributed by atoms with van der Waals surface area (Å²) in [4.78, 5) is 9.19. The van der Waals surface area contributed by atoms with Gasteiger partial charge in [-0.25, -0.2) is 14.4 Å². The number of hydrogen-bond donors (Lipinski definition) is 1. The molecule has 1 heterocycles. The number of benzene rings is 1. The molecule has 21 heavy (non-hydrogen) atoms. The highest BCUT2D eigenvalue weighted by Gasteiger charge is 2.23. The quantitative estimate of drug-likeness (QED) is 0.852. The molecule has 0 unspecified atom stereocenters. The van der Waals surface area contributed by atoms with Crippen LogP contribution in [-0.4, -0.2) is 17.0 Å². The van der Waals surface area contributed by atoms with Crippen LogP contribution in [0.3, 0.4) is 0 Å². The van der Waals surface area contributed by atoms with Gasteiger partial charge in [-0.1, -0.05) is 20.8 Å². The van der Waals surface area contributed by atoms with E-state index in [0.29, 0.717) is 11.4 Å². The zero-order valence-electron chi connectivity index (χ0n) is 12.9. The molecule has 0 saturated heterocycles. The molecule has 0 fully saturated rings. The van der Waals surface area contributed by atoms with Crippen LogP contribution in [0.1, 0.15) is 32.0 Å². The van der Waals surface area contributed by atoms with Crippen LogP contribution in [0.4, 0.5) is 10.2 Å². The predicted octanol–water partition coefficient (Wildman–Crippen LogP) is 4.69. The molecule has 0 aliphatic rings. The number of nitrogens with one attached hydrogen (secondary N) is 1. The molecule has 1 N–H and O–H groups in total. The Hall–Kier alpha value is -1.49. The van der Waals surface area contributed by atoms with Crippen molar-refractivity contribution in [1.82, 2.24) is 9.97 Å². The summed E-state index contributed by atoms with van der Waals surface area (Å²) >= 11 is 3.56. The molecule has 1 aromatic heterocycles. The van der Waals surface area contributed by atoms with Crippen molar-refractivity contribution in [3.05, 3.63) is 39.7 Å². The molecule has 0 radical (unpaired) electrons. The van der Waals surface area contributed by atoms with Gasteiger partial charge in [-0.05, 0) is 46.6 Å². The van der Waals surface area contributed by atoms with Crippen LogP contribution < -0.4 is 5.32 Å². The molecule has 0 saturated carbocycles. The number of aromatic nitrogens is 2. The minimum atomic E-state index is -0.222. The van der Waals surface area contributed by atoms with Crippen molar-refractivity contribution < 1.29 is 4.39 Å². The maximum atomic E-state index is 13.4. The van der Waals surface area contributed by atoms with Gasteiger partial charge in [0.1, 0.15) is 11.6 Å². The SMILES string of the molecule is CNc1nc(-c2ccc(F)c(C)c2)nc(C(C)(C)C)c1Br. The van der Waals surface area contributed by atoms with Crippen molar-refractivity contribution in [3.63, 3.8) is 0 Å². The lowest BCUT2D eigenvalue weighted by Crippen LogP contribution is -2.17. The van der Waals surface area contributed by atoms with E-state index < -0.39 is 0 Å². The van der Waals surface area contributed by atoms with Gasteiger partial charge in [0.05, 0.1) is 10.2 Å². The average molecular weight is 352 g/mol. The van der Waals surface area contributed by atoms with Crippen molar-refractivity contribution >= 4 is 21.7 Å². The predicted molar refractivity (Wildman–Crippen MR) is 88.1 cm³/mol. The molecule has 5 heteroatoms. The molecule has 0 aliphatic carbocycles. The summed E-state index contributed by atoms with van der Waals surface area (Å²) in [5.74, 6) is 1.10. The van der Waals surface area contributed by atoms with Gasteiger partial charge in [0, 0.05) is 18.0 Å². The van der Waals surface area contributed by atoms with Gasteiger partial charge in [0.25, 0.3) is 0 Å². The lowest BCUT2D eigenvalue weighted by Gasteiger charge is -2.21. The maximum absolute atomic E-state index is 13.4. The van der Waals surface area contributed by atoms with Crippen molar-refractivity contribution in [3.8, 4) is 11.4 Å². The smallest absolute Gasteiger partial charge is 0.161 e. The third-order valence-electron chi connectivity index (χ3n) is 3.21. The molecule has 0 aliphatic heterocycles. The first-order valence-electron chi connectivity index (χ1n) is 6.76. The van der Waals surface area contributed by atoms with Gasteiger partial charge in [-0.15, -0.1) is 0 Å². The number of anilines is 1. The highest BCUT2D eigenvalue weighted by Crippen LogP contribution is 2.34. The van der Waals surface area contributed by atoms with Gasteiger partial charge in [-0.2, -0.15) is 0 Å². The molecule has 2 aromatic rings. The van der Waals surface area contributed by atoms with Gasteiger partial charge in [-0.3, -0.25) is 0 Å². The minimum absolute atomic E-state index is 0.128. The molecule has 0 bridgehead atoms. The zero-order chi connectivity index (χ0) is 15.8. The van der Waals surface area contributed by atoms with Crippen LogP contribution in [0.5, 0.6) is 0 Å². The lowest BCUT2D eigenvalue weighted by molar-refractivity contribution is 0.564. The van der Waals surface area contributed by atoms with Gasteiger partial charge >= 0.3 is 0 Å². The summed E-state index contributed by atoms with van der Waals surface area (Å²) in [7, 11) is 1.82. The third kappa shape index (κ3) is 3.23. The normalized spacial score (nSPS) is 11.6. The molecule has 0 atom stereocenters. The Morgan fingerprint density at radius 2 is 1.86 bits per heavy atom. The van der Waals surface area contributed by atoms with E-state index in [9.17, 15) is 4.39 Å². The summed E-state index contributed by atoms with van der Waals surface area (Å²) in [6.07, 6.45) is 0. The van der Waals surface area contributed by atoms with E-state index >= 15 is 0 Å². The molecule has 0 spiro atoms. The van der Waals surface area contributed by atoms with Crippen LogP contribution >= 0.6 is 15.9 Å². The summed E-state index contributed by atoms with van der Waals surface area (Å²) in [6.45, 7) is 8.03. The van der Waals surface area contributed by atoms with E-state index in [1.165, 1.54) is 6.07 Å². The second-order valence-electron chi connectivity index (χ2n) is 6.02. The van der Waals surface area contributed by atoms with E-state index in [-0.39, 0.29) is 11.2 Å². The first kappa shape index (κ1) is 15.9. The Kier molecular flexibility index (Phi) is 4.33. The fraction of sp³-hybridized carbons (Fsp3) is 0.375. The number of aryl methyl sites for hydroxylation is 1. The molecule has 1 aromatic carbocycles. The number of rotatable bonds is 2. The second kappa shape index (κ2) is 5.72. The van der Waals surface area contributed by atoms with Gasteiger partial charge < -0.3 is 5.32 Å². The van der Waals surface area contributed by atoms with E-state index in [2.05, 4.69) is 52.0 Å². The molecule has 0 amide bonds. The molecule has 112 valence electrons. The number of nitrogens with zero attached hydrogens (tertiary/aromatic N) is 2. The fourth-order valence-electron chi connectivity index (χ4n) is 2.02. The number of halogens is 2. The van der Waals surface area contributed by atoms with Crippen LogP contribution in [0.2, 0.25) is 0 Å². The van der Waals surface area contributed by atoms with Crippen LogP contribution in [0.25, 0.3) is 11.4 Å². The van der Waals surface area contributed by atoms with Crippen LogP contribution in [0.15, 0.2) is 22.7 Å². The summed E-state index contributed by atoms with van der Waals surface area (Å²) < 4.78 is 14.3. The van der Waals surface area contributed by atoms with Crippen molar-refractivity contribution in [2.75, 3.05) is 12.4 Å². The van der Waals surface area contributed by atoms with Crippen molar-refractivity contribution in [2.45, 2.75) is 33.1 Å². The van der Waals surface area contributed by atoms with Crippen molar-refractivity contribution in [1.29, 1.82) is 0 Å². The monoisotopic (exact) mass is 351 g/mol. The van der Waals surface area contributed by atoms with E-state index in [0.717, 1.165) is 21.5 Å². The molecular formula is C16H19BrFN3. The summed E-state index contributed by atoms with van der Waals surface area (Å²) in [6, 6.07) is 4.92. The maximum Gasteiger partial charge on any atom is 0.161 e. The number of hydrogen-bond acceptors (Lipinski definition) is 3. The Balaban J connectivity index is 2.66. The van der Waals surface area contributed by atoms with Crippen LogP contribution in [-0.2, 0) is 5.41 Å². The molecular weight excluding hydrogens is 333 g/mol. The second-order valence-corrected chi connectivity index (χ2v) is 6.82. The Bertz CT molecular complexity index is 678. The summed E-state index contributed by atoms with van der Waals surface area (Å²) in [5, 5.41) is 3.07. The fourth-order valence-corrected chi connectivity index (χ4v) is 2.99. The zero-order valence-corrected chi connectivity index (χ0v) is 14.5. The van der Waals surface area contributed by atoms with Crippen LogP contribution in [0, 0.1) is 12.7 Å². The van der Waals surface area contributed by atoms with E-state index in [1.807, 2.05) is 7.05 Å². The van der Waals surface area contributed by atoms with Gasteiger partial charge in [0.15, 0.2) is 5.82 Å². The summed E-state index contributed by atoms with van der Waals surface area (Å²) in [5.41, 5.74) is 2.18. The largest absolute Gasteiger partial charge is 0.372 e. The third-order valence-corrected chi connectivity index (χ3v) is 3.97. The first-order valence-corrected chi connectivity index (χ1v) is 7.55. The minimum Gasteiger partial charge on any atom is -0.372 e. The van der Waals surface area contributed by atoms with E-state index in [4.69, 9.17) is 0 Å². The highest BCUT2D eigenvalue weighted by molar-refractivity contribution is 9.10. The molecule has 2 rings (SSSR count). The lowest BCUT2D eigenvalue weighted by atomic mass is 9.91.